The van der Waals surface area contributed by atoms with Crippen molar-refractivity contribution >= 4 is 5.91 Å². The van der Waals surface area contributed by atoms with Gasteiger partial charge in [-0.05, 0) is 26.2 Å². The maximum atomic E-state index is 11.5. The van der Waals surface area contributed by atoms with Gasteiger partial charge in [-0.25, -0.2) is 0 Å². The predicted molar refractivity (Wildman–Crippen MR) is 58.0 cm³/mol. The van der Waals surface area contributed by atoms with E-state index in [1.54, 1.807) is 6.92 Å². The second-order valence-electron chi connectivity index (χ2n) is 4.08. The van der Waals surface area contributed by atoms with Gasteiger partial charge in [-0.2, -0.15) is 0 Å². The van der Waals surface area contributed by atoms with E-state index >= 15 is 0 Å². The lowest BCUT2D eigenvalue weighted by atomic mass is 10.0. The van der Waals surface area contributed by atoms with Crippen LogP contribution in [-0.4, -0.2) is 23.2 Å². The minimum Gasteiger partial charge on any atom is -0.388 e. The second kappa shape index (κ2) is 6.02. The minimum atomic E-state index is -0.776. The van der Waals surface area contributed by atoms with Crippen molar-refractivity contribution in [1.29, 1.82) is 0 Å². The molecular formula is C11H23NO2. The number of nitrogens with one attached hydrogen (secondary N) is 1. The van der Waals surface area contributed by atoms with Crippen molar-refractivity contribution in [2.45, 2.75) is 52.6 Å². The van der Waals surface area contributed by atoms with E-state index in [1.807, 2.05) is 20.8 Å². The first-order valence-corrected chi connectivity index (χ1v) is 5.46. The summed E-state index contributed by atoms with van der Waals surface area (Å²) in [6.45, 7) is 8.00. The SMILES string of the molecule is CCC(CC)C(=O)NCC(C)(O)CC. The van der Waals surface area contributed by atoms with Crippen LogP contribution in [0.1, 0.15) is 47.0 Å². The molecule has 1 atom stereocenters. The van der Waals surface area contributed by atoms with Crippen LogP contribution in [0.25, 0.3) is 0 Å². The van der Waals surface area contributed by atoms with Crippen molar-refractivity contribution in [3.8, 4) is 0 Å². The number of carbonyl (C=O) groups is 1. The van der Waals surface area contributed by atoms with Crippen LogP contribution in [0, 0.1) is 5.92 Å². The molecule has 0 saturated carbocycles. The first-order chi connectivity index (χ1) is 6.46. The zero-order valence-electron chi connectivity index (χ0n) is 9.76. The summed E-state index contributed by atoms with van der Waals surface area (Å²) in [4.78, 5) is 11.5. The largest absolute Gasteiger partial charge is 0.388 e. The molecule has 0 aromatic rings. The molecule has 0 aliphatic rings. The summed E-state index contributed by atoms with van der Waals surface area (Å²) in [5, 5.41) is 12.5. The van der Waals surface area contributed by atoms with Gasteiger partial charge >= 0.3 is 0 Å². The fourth-order valence-electron chi connectivity index (χ4n) is 1.21. The zero-order valence-corrected chi connectivity index (χ0v) is 9.76. The molecular weight excluding hydrogens is 178 g/mol. The Morgan fingerprint density at radius 1 is 1.36 bits per heavy atom. The average molecular weight is 201 g/mol. The van der Waals surface area contributed by atoms with Crippen molar-refractivity contribution in [3.05, 3.63) is 0 Å². The molecule has 0 spiro atoms. The molecule has 1 unspecified atom stereocenters. The molecule has 0 aromatic carbocycles. The molecule has 0 aliphatic heterocycles. The van der Waals surface area contributed by atoms with E-state index in [4.69, 9.17) is 0 Å². The van der Waals surface area contributed by atoms with Crippen molar-refractivity contribution < 1.29 is 9.90 Å². The van der Waals surface area contributed by atoms with Crippen molar-refractivity contribution in [1.82, 2.24) is 5.32 Å². The number of hydrogen-bond donors (Lipinski definition) is 2. The molecule has 2 N–H and O–H groups in total. The van der Waals surface area contributed by atoms with Gasteiger partial charge < -0.3 is 10.4 Å². The van der Waals surface area contributed by atoms with Crippen LogP contribution in [-0.2, 0) is 4.79 Å². The molecule has 0 rings (SSSR count). The van der Waals surface area contributed by atoms with E-state index in [1.165, 1.54) is 0 Å². The molecule has 3 heteroatoms. The van der Waals surface area contributed by atoms with E-state index < -0.39 is 5.60 Å². The lowest BCUT2D eigenvalue weighted by Gasteiger charge is -2.23. The molecule has 0 bridgehead atoms. The highest BCUT2D eigenvalue weighted by atomic mass is 16.3. The third-order valence-corrected chi connectivity index (χ3v) is 2.76. The van der Waals surface area contributed by atoms with Crippen molar-refractivity contribution in [3.63, 3.8) is 0 Å². The molecule has 0 saturated heterocycles. The van der Waals surface area contributed by atoms with Gasteiger partial charge in [-0.15, -0.1) is 0 Å². The molecule has 0 radical (unpaired) electrons. The van der Waals surface area contributed by atoms with Gasteiger partial charge in [0.05, 0.1) is 5.60 Å². The van der Waals surface area contributed by atoms with E-state index in [-0.39, 0.29) is 11.8 Å². The van der Waals surface area contributed by atoms with E-state index in [9.17, 15) is 9.90 Å². The maximum Gasteiger partial charge on any atom is 0.223 e. The molecule has 0 fully saturated rings. The van der Waals surface area contributed by atoms with Crippen molar-refractivity contribution in [2.75, 3.05) is 6.54 Å². The van der Waals surface area contributed by atoms with Gasteiger partial charge in [0.1, 0.15) is 0 Å². The summed E-state index contributed by atoms with van der Waals surface area (Å²) in [6, 6.07) is 0. The lowest BCUT2D eigenvalue weighted by molar-refractivity contribution is -0.126. The van der Waals surface area contributed by atoms with E-state index in [0.29, 0.717) is 13.0 Å². The molecule has 1 amide bonds. The molecule has 0 aliphatic carbocycles. The highest BCUT2D eigenvalue weighted by Crippen LogP contribution is 2.09. The highest BCUT2D eigenvalue weighted by molar-refractivity contribution is 5.78. The van der Waals surface area contributed by atoms with Crippen LogP contribution in [0.3, 0.4) is 0 Å². The zero-order chi connectivity index (χ0) is 11.2. The van der Waals surface area contributed by atoms with Crippen molar-refractivity contribution in [2.24, 2.45) is 5.92 Å². The van der Waals surface area contributed by atoms with Crippen LogP contribution in [0.2, 0.25) is 0 Å². The van der Waals surface area contributed by atoms with E-state index in [0.717, 1.165) is 12.8 Å². The smallest absolute Gasteiger partial charge is 0.223 e. The first-order valence-electron chi connectivity index (χ1n) is 5.46. The van der Waals surface area contributed by atoms with Crippen LogP contribution in [0.5, 0.6) is 0 Å². The lowest BCUT2D eigenvalue weighted by Crippen LogP contribution is -2.42. The fourth-order valence-corrected chi connectivity index (χ4v) is 1.21. The quantitative estimate of drug-likeness (QED) is 0.687. The number of rotatable bonds is 6. The Bertz CT molecular complexity index is 174. The Kier molecular flexibility index (Phi) is 5.77. The summed E-state index contributed by atoms with van der Waals surface area (Å²) in [5.74, 6) is 0.145. The van der Waals surface area contributed by atoms with Crippen LogP contribution < -0.4 is 5.32 Å². The number of amides is 1. The summed E-state index contributed by atoms with van der Waals surface area (Å²) < 4.78 is 0. The van der Waals surface area contributed by atoms with Crippen LogP contribution in [0.4, 0.5) is 0 Å². The maximum absolute atomic E-state index is 11.5. The van der Waals surface area contributed by atoms with Crippen LogP contribution in [0.15, 0.2) is 0 Å². The normalized spacial score (nSPS) is 15.3. The second-order valence-corrected chi connectivity index (χ2v) is 4.08. The van der Waals surface area contributed by atoms with Gasteiger partial charge in [-0.1, -0.05) is 20.8 Å². The summed E-state index contributed by atoms with van der Waals surface area (Å²) in [7, 11) is 0. The Morgan fingerprint density at radius 3 is 2.21 bits per heavy atom. The molecule has 14 heavy (non-hydrogen) atoms. The van der Waals surface area contributed by atoms with Gasteiger partial charge in [0.15, 0.2) is 0 Å². The monoisotopic (exact) mass is 201 g/mol. The summed E-state index contributed by atoms with van der Waals surface area (Å²) in [5.41, 5.74) is -0.776. The summed E-state index contributed by atoms with van der Waals surface area (Å²) in [6.07, 6.45) is 2.36. The molecule has 3 nitrogen and oxygen atoms in total. The third-order valence-electron chi connectivity index (χ3n) is 2.76. The predicted octanol–water partition coefficient (Wildman–Crippen LogP) is 1.70. The van der Waals surface area contributed by atoms with Gasteiger partial charge in [-0.3, -0.25) is 4.79 Å². The minimum absolute atomic E-state index is 0.0590. The van der Waals surface area contributed by atoms with Gasteiger partial charge in [0.25, 0.3) is 0 Å². The molecule has 0 aromatic heterocycles. The standard InChI is InChI=1S/C11H23NO2/c1-5-9(6-2)10(13)12-8-11(4,14)7-3/h9,14H,5-8H2,1-4H3,(H,12,13). The number of aliphatic hydroxyl groups is 1. The highest BCUT2D eigenvalue weighted by Gasteiger charge is 2.20. The van der Waals surface area contributed by atoms with Gasteiger partial charge in [0.2, 0.25) is 5.91 Å². The fraction of sp³-hybridized carbons (Fsp3) is 0.909. The Morgan fingerprint density at radius 2 is 1.86 bits per heavy atom. The Hall–Kier alpha value is -0.570. The van der Waals surface area contributed by atoms with Crippen LogP contribution >= 0.6 is 0 Å². The molecule has 0 heterocycles. The van der Waals surface area contributed by atoms with E-state index in [2.05, 4.69) is 5.32 Å². The van der Waals surface area contributed by atoms with Gasteiger partial charge in [0, 0.05) is 12.5 Å². The Balaban J connectivity index is 3.95. The third kappa shape index (κ3) is 4.61. The molecule has 84 valence electrons. The first kappa shape index (κ1) is 13.4. The average Bonchev–Trinajstić information content (AvgIpc) is 2.17. The number of hydrogen-bond acceptors (Lipinski definition) is 2. The summed E-state index contributed by atoms with van der Waals surface area (Å²) >= 11 is 0. The topological polar surface area (TPSA) is 49.3 Å². The number of carbonyl (C=O) groups excluding carboxylic acids is 1. The Labute approximate surface area is 86.9 Å².